The van der Waals surface area contributed by atoms with Crippen LogP contribution < -0.4 is 10.9 Å². The number of benzene rings is 2. The van der Waals surface area contributed by atoms with Crippen molar-refractivity contribution < 1.29 is 14.8 Å². The topological polar surface area (TPSA) is 127 Å². The Kier molecular flexibility index (Phi) is 7.19. The van der Waals surface area contributed by atoms with Gasteiger partial charge in [-0.05, 0) is 40.5 Å². The van der Waals surface area contributed by atoms with E-state index in [2.05, 4.69) is 26.2 Å². The summed E-state index contributed by atoms with van der Waals surface area (Å²) in [6.07, 6.45) is 0.384. The Morgan fingerprint density at radius 1 is 1.30 bits per heavy atom. The molecule has 1 amide bonds. The van der Waals surface area contributed by atoms with E-state index in [0.717, 1.165) is 11.8 Å². The highest BCUT2D eigenvalue weighted by Crippen LogP contribution is 2.27. The lowest BCUT2D eigenvalue weighted by atomic mass is 10.2. The molecule has 2 aromatic carbocycles. The molecule has 2 N–H and O–H groups in total. The number of halogens is 1. The third-order valence-electron chi connectivity index (χ3n) is 4.14. The van der Waals surface area contributed by atoms with Crippen LogP contribution in [0.5, 0.6) is 0 Å². The lowest BCUT2D eigenvalue weighted by Crippen LogP contribution is -2.24. The number of carbonyl (C=O) groups excluding carboxylic acids is 1. The normalized spacial score (nSPS) is 10.9. The van der Waals surface area contributed by atoms with Gasteiger partial charge in [0.1, 0.15) is 0 Å². The van der Waals surface area contributed by atoms with Crippen molar-refractivity contribution in [2.75, 3.05) is 17.7 Å². The van der Waals surface area contributed by atoms with Crippen LogP contribution in [0.4, 0.5) is 11.4 Å². The second-order valence-electron chi connectivity index (χ2n) is 6.20. The van der Waals surface area contributed by atoms with E-state index in [4.69, 9.17) is 5.11 Å². The quantitative estimate of drug-likeness (QED) is 0.214. The number of aliphatic hydroxyl groups is 1. The average Bonchev–Trinajstić information content (AvgIpc) is 2.73. The Morgan fingerprint density at radius 3 is 2.77 bits per heavy atom. The highest BCUT2D eigenvalue weighted by atomic mass is 79.9. The second-order valence-corrected chi connectivity index (χ2v) is 8.00. The van der Waals surface area contributed by atoms with Gasteiger partial charge in [-0.25, -0.2) is 4.98 Å². The smallest absolute Gasteiger partial charge is 0.270 e. The number of nitro groups is 1. The molecule has 0 aliphatic carbocycles. The maximum Gasteiger partial charge on any atom is 0.270 e. The predicted molar refractivity (Wildman–Crippen MR) is 118 cm³/mol. The zero-order valence-corrected chi connectivity index (χ0v) is 18.0. The average molecular weight is 493 g/mol. The Bertz CT molecular complexity index is 1170. The zero-order valence-electron chi connectivity index (χ0n) is 15.6. The van der Waals surface area contributed by atoms with Crippen LogP contribution in [0.3, 0.4) is 0 Å². The van der Waals surface area contributed by atoms with Gasteiger partial charge >= 0.3 is 0 Å². The molecule has 0 aliphatic heterocycles. The fourth-order valence-electron chi connectivity index (χ4n) is 2.72. The molecule has 0 bridgehead atoms. The van der Waals surface area contributed by atoms with Gasteiger partial charge in [-0.1, -0.05) is 23.9 Å². The number of nitro benzene ring substituents is 1. The van der Waals surface area contributed by atoms with Crippen molar-refractivity contribution in [3.8, 4) is 0 Å². The van der Waals surface area contributed by atoms with E-state index in [9.17, 15) is 19.7 Å². The Morgan fingerprint density at radius 2 is 2.07 bits per heavy atom. The minimum absolute atomic E-state index is 0.0205. The second kappa shape index (κ2) is 9.83. The van der Waals surface area contributed by atoms with Gasteiger partial charge in [0, 0.05) is 29.8 Å². The van der Waals surface area contributed by atoms with E-state index in [0.29, 0.717) is 32.6 Å². The molecule has 1 aromatic heterocycles. The lowest BCUT2D eigenvalue weighted by molar-refractivity contribution is -0.384. The van der Waals surface area contributed by atoms with E-state index in [1.807, 2.05) is 0 Å². The predicted octanol–water partition coefficient (Wildman–Crippen LogP) is 3.18. The van der Waals surface area contributed by atoms with Crippen LogP contribution in [0.2, 0.25) is 0 Å². The summed E-state index contributed by atoms with van der Waals surface area (Å²) in [6.45, 7) is 0.211. The first-order valence-corrected chi connectivity index (χ1v) is 10.7. The zero-order chi connectivity index (χ0) is 21.7. The number of nitrogens with one attached hydrogen (secondary N) is 1. The monoisotopic (exact) mass is 492 g/mol. The van der Waals surface area contributed by atoms with Crippen molar-refractivity contribution in [1.82, 2.24) is 9.55 Å². The summed E-state index contributed by atoms with van der Waals surface area (Å²) in [6, 6.07) is 11.0. The molecule has 3 aromatic rings. The van der Waals surface area contributed by atoms with Crippen molar-refractivity contribution in [3.63, 3.8) is 0 Å². The molecular formula is C19H17BrN4O5S. The molecule has 0 fully saturated rings. The number of nitrogens with zero attached hydrogens (tertiary/aromatic N) is 3. The number of aliphatic hydroxyl groups excluding tert-OH is 1. The van der Waals surface area contributed by atoms with E-state index in [-0.39, 0.29) is 36.1 Å². The molecule has 0 unspecified atom stereocenters. The molecule has 0 saturated heterocycles. The molecule has 9 nitrogen and oxygen atoms in total. The van der Waals surface area contributed by atoms with Crippen molar-refractivity contribution in [1.29, 1.82) is 0 Å². The summed E-state index contributed by atoms with van der Waals surface area (Å²) in [7, 11) is 0. The van der Waals surface area contributed by atoms with Crippen molar-refractivity contribution in [2.45, 2.75) is 18.1 Å². The SMILES string of the molecule is O=C(CSc1nc2ccccc2c(=O)n1CCCO)Nc1ccc([N+](=O)[O-])cc1Br. The molecule has 3 rings (SSSR count). The summed E-state index contributed by atoms with van der Waals surface area (Å²) < 4.78 is 1.84. The number of rotatable bonds is 8. The fourth-order valence-corrected chi connectivity index (χ4v) is 4.01. The number of thioether (sulfide) groups is 1. The highest BCUT2D eigenvalue weighted by Gasteiger charge is 2.15. The number of hydrogen-bond donors (Lipinski definition) is 2. The standard InChI is InChI=1S/C19H17BrN4O5S/c20-14-10-12(24(28)29)6-7-16(14)21-17(26)11-30-19-22-15-5-2-1-4-13(15)18(27)23(19)8-3-9-25/h1-2,4-7,10,25H,3,8-9,11H2,(H,21,26). The molecule has 0 saturated carbocycles. The van der Waals surface area contributed by atoms with Gasteiger partial charge in [0.25, 0.3) is 11.2 Å². The van der Waals surface area contributed by atoms with Gasteiger partial charge in [-0.2, -0.15) is 0 Å². The van der Waals surface area contributed by atoms with E-state index in [1.165, 1.54) is 22.8 Å². The largest absolute Gasteiger partial charge is 0.396 e. The van der Waals surface area contributed by atoms with Gasteiger partial charge in [0.05, 0.1) is 27.3 Å². The number of hydrogen-bond acceptors (Lipinski definition) is 7. The number of carbonyl (C=O) groups is 1. The third-order valence-corrected chi connectivity index (χ3v) is 5.77. The first-order valence-electron chi connectivity index (χ1n) is 8.87. The van der Waals surface area contributed by atoms with Crippen LogP contribution in [-0.4, -0.2) is 37.8 Å². The molecule has 156 valence electrons. The molecule has 11 heteroatoms. The maximum absolute atomic E-state index is 12.8. The summed E-state index contributed by atoms with van der Waals surface area (Å²) >= 11 is 4.31. The van der Waals surface area contributed by atoms with Gasteiger partial charge in [0.2, 0.25) is 5.91 Å². The van der Waals surface area contributed by atoms with E-state index in [1.54, 1.807) is 24.3 Å². The van der Waals surface area contributed by atoms with Crippen LogP contribution in [0.25, 0.3) is 10.9 Å². The number of non-ortho nitro benzene ring substituents is 1. The van der Waals surface area contributed by atoms with Crippen LogP contribution in [0, 0.1) is 10.1 Å². The van der Waals surface area contributed by atoms with E-state index < -0.39 is 4.92 Å². The first kappa shape index (κ1) is 21.9. The van der Waals surface area contributed by atoms with Crippen molar-refractivity contribution in [2.24, 2.45) is 0 Å². The number of fused-ring (bicyclic) bond motifs is 1. The Balaban J connectivity index is 1.78. The Hall–Kier alpha value is -2.76. The summed E-state index contributed by atoms with van der Waals surface area (Å²) in [5.74, 6) is -0.376. The van der Waals surface area contributed by atoms with Gasteiger partial charge in [-0.3, -0.25) is 24.3 Å². The van der Waals surface area contributed by atoms with Crippen molar-refractivity contribution >= 4 is 55.9 Å². The molecule has 30 heavy (non-hydrogen) atoms. The van der Waals surface area contributed by atoms with Crippen molar-refractivity contribution in [3.05, 3.63) is 67.4 Å². The summed E-state index contributed by atoms with van der Waals surface area (Å²) in [4.78, 5) is 40.0. The summed E-state index contributed by atoms with van der Waals surface area (Å²) in [5, 5.41) is 23.5. The fraction of sp³-hybridized carbons (Fsp3) is 0.211. The van der Waals surface area contributed by atoms with Gasteiger partial charge in [0.15, 0.2) is 5.16 Å². The lowest BCUT2D eigenvalue weighted by Gasteiger charge is -2.13. The molecule has 0 aliphatic rings. The Labute approximate surface area is 183 Å². The molecular weight excluding hydrogens is 476 g/mol. The maximum atomic E-state index is 12.8. The van der Waals surface area contributed by atoms with Gasteiger partial charge in [-0.15, -0.1) is 0 Å². The minimum Gasteiger partial charge on any atom is -0.396 e. The van der Waals surface area contributed by atoms with Crippen LogP contribution in [0.1, 0.15) is 6.42 Å². The number of aromatic nitrogens is 2. The van der Waals surface area contributed by atoms with Crippen LogP contribution in [0.15, 0.2) is 56.9 Å². The van der Waals surface area contributed by atoms with Crippen LogP contribution in [-0.2, 0) is 11.3 Å². The van der Waals surface area contributed by atoms with E-state index >= 15 is 0 Å². The number of anilines is 1. The molecule has 0 radical (unpaired) electrons. The number of amides is 1. The molecule has 0 spiro atoms. The molecule has 1 heterocycles. The van der Waals surface area contributed by atoms with Crippen LogP contribution >= 0.6 is 27.7 Å². The molecule has 0 atom stereocenters. The first-order chi connectivity index (χ1) is 14.4. The minimum atomic E-state index is -0.525. The van der Waals surface area contributed by atoms with Gasteiger partial charge < -0.3 is 10.4 Å². The third kappa shape index (κ3) is 5.04. The number of para-hydroxylation sites is 1. The summed E-state index contributed by atoms with van der Waals surface area (Å²) in [5.41, 5.74) is 0.608. The highest BCUT2D eigenvalue weighted by molar-refractivity contribution is 9.10.